The fraction of sp³-hybridized carbons (Fsp3) is 0.250. The van der Waals surface area contributed by atoms with Crippen LogP contribution in [-0.2, 0) is 7.05 Å². The predicted molar refractivity (Wildman–Crippen MR) is 69.4 cm³/mol. The number of rotatable bonds is 3. The van der Waals surface area contributed by atoms with Crippen LogP contribution in [0.4, 0.5) is 5.69 Å². The molecule has 0 radical (unpaired) electrons. The molecule has 0 aliphatic carbocycles. The fourth-order valence-electron chi connectivity index (χ4n) is 1.54. The Balaban J connectivity index is 2.07. The number of nitrogens with zero attached hydrogens (tertiary/aromatic N) is 2. The molecule has 1 atom stereocenters. The summed E-state index contributed by atoms with van der Waals surface area (Å²) in [4.78, 5) is 0. The smallest absolute Gasteiger partial charge is 0.0542 e. The summed E-state index contributed by atoms with van der Waals surface area (Å²) in [6, 6.07) is 8.42. The average molecular weight is 280 g/mol. The first-order valence-corrected chi connectivity index (χ1v) is 5.95. The molecule has 1 unspecified atom stereocenters. The van der Waals surface area contributed by atoms with E-state index in [9.17, 15) is 0 Å². The molecule has 0 bridgehead atoms. The van der Waals surface area contributed by atoms with Gasteiger partial charge in [0.2, 0.25) is 0 Å². The van der Waals surface area contributed by atoms with Crippen molar-refractivity contribution in [3.63, 3.8) is 0 Å². The zero-order valence-electron chi connectivity index (χ0n) is 9.31. The third-order valence-corrected chi connectivity index (χ3v) is 2.98. The second kappa shape index (κ2) is 4.70. The van der Waals surface area contributed by atoms with E-state index in [1.807, 2.05) is 36.3 Å². The van der Waals surface area contributed by atoms with Gasteiger partial charge < -0.3 is 5.32 Å². The van der Waals surface area contributed by atoms with Gasteiger partial charge in [0, 0.05) is 29.0 Å². The van der Waals surface area contributed by atoms with Gasteiger partial charge in [-0.25, -0.2) is 0 Å². The number of hydrogen-bond donors (Lipinski definition) is 1. The molecule has 0 amide bonds. The van der Waals surface area contributed by atoms with Crippen molar-refractivity contribution in [2.45, 2.75) is 13.0 Å². The van der Waals surface area contributed by atoms with E-state index in [2.05, 4.69) is 45.4 Å². The lowest BCUT2D eigenvalue weighted by molar-refractivity contribution is 0.765. The molecule has 1 aromatic carbocycles. The standard InChI is InChI=1S/C12H14BrN3/c1-9(10-7-14-16(2)8-10)15-12-5-3-11(13)4-6-12/h3-9,15H,1-2H3. The third kappa shape index (κ3) is 2.64. The lowest BCUT2D eigenvalue weighted by Crippen LogP contribution is -2.05. The minimum atomic E-state index is 0.259. The number of aryl methyl sites for hydroxylation is 1. The Bertz CT molecular complexity index is 461. The van der Waals surface area contributed by atoms with Gasteiger partial charge in [0.05, 0.1) is 12.2 Å². The third-order valence-electron chi connectivity index (χ3n) is 2.45. The van der Waals surface area contributed by atoms with Gasteiger partial charge in [0.15, 0.2) is 0 Å². The largest absolute Gasteiger partial charge is 0.378 e. The lowest BCUT2D eigenvalue weighted by atomic mass is 10.2. The van der Waals surface area contributed by atoms with Crippen molar-refractivity contribution in [3.05, 3.63) is 46.7 Å². The number of nitrogens with one attached hydrogen (secondary N) is 1. The van der Waals surface area contributed by atoms with E-state index in [0.717, 1.165) is 10.2 Å². The molecule has 0 saturated carbocycles. The van der Waals surface area contributed by atoms with Crippen LogP contribution in [0.1, 0.15) is 18.5 Å². The van der Waals surface area contributed by atoms with Gasteiger partial charge >= 0.3 is 0 Å². The summed E-state index contributed by atoms with van der Waals surface area (Å²) in [7, 11) is 1.93. The molecule has 0 spiro atoms. The maximum atomic E-state index is 4.16. The van der Waals surface area contributed by atoms with Gasteiger partial charge in [0.25, 0.3) is 0 Å². The van der Waals surface area contributed by atoms with E-state index < -0.39 is 0 Å². The highest BCUT2D eigenvalue weighted by molar-refractivity contribution is 9.10. The highest BCUT2D eigenvalue weighted by Crippen LogP contribution is 2.20. The van der Waals surface area contributed by atoms with Gasteiger partial charge in [-0.3, -0.25) is 4.68 Å². The second-order valence-corrected chi connectivity index (χ2v) is 4.74. The van der Waals surface area contributed by atoms with Crippen LogP contribution in [0.15, 0.2) is 41.1 Å². The molecule has 3 nitrogen and oxygen atoms in total. The van der Waals surface area contributed by atoms with Gasteiger partial charge in [-0.05, 0) is 31.2 Å². The molecule has 0 fully saturated rings. The molecule has 2 aromatic rings. The Kier molecular flexibility index (Phi) is 3.29. The second-order valence-electron chi connectivity index (χ2n) is 3.82. The van der Waals surface area contributed by atoms with Crippen LogP contribution in [0, 0.1) is 0 Å². The minimum Gasteiger partial charge on any atom is -0.378 e. The van der Waals surface area contributed by atoms with Gasteiger partial charge in [0.1, 0.15) is 0 Å². The fourth-order valence-corrected chi connectivity index (χ4v) is 1.81. The van der Waals surface area contributed by atoms with Crippen molar-refractivity contribution >= 4 is 21.6 Å². The number of aromatic nitrogens is 2. The summed E-state index contributed by atoms with van der Waals surface area (Å²) >= 11 is 3.42. The summed E-state index contributed by atoms with van der Waals surface area (Å²) in [5.74, 6) is 0. The van der Waals surface area contributed by atoms with Crippen LogP contribution >= 0.6 is 15.9 Å². The normalized spacial score (nSPS) is 12.4. The molecule has 16 heavy (non-hydrogen) atoms. The summed E-state index contributed by atoms with van der Waals surface area (Å²) in [5.41, 5.74) is 2.30. The van der Waals surface area contributed by atoms with Crippen molar-refractivity contribution in [3.8, 4) is 0 Å². The first-order chi connectivity index (χ1) is 7.65. The summed E-state index contributed by atoms with van der Waals surface area (Å²) < 4.78 is 2.90. The van der Waals surface area contributed by atoms with Gasteiger partial charge in [-0.1, -0.05) is 15.9 Å². The van der Waals surface area contributed by atoms with Crippen LogP contribution in [0.5, 0.6) is 0 Å². The van der Waals surface area contributed by atoms with Gasteiger partial charge in [-0.2, -0.15) is 5.10 Å². The Morgan fingerprint density at radius 2 is 2.00 bits per heavy atom. The Labute approximate surface area is 104 Å². The molecule has 1 aromatic heterocycles. The van der Waals surface area contributed by atoms with E-state index >= 15 is 0 Å². The van der Waals surface area contributed by atoms with Gasteiger partial charge in [-0.15, -0.1) is 0 Å². The quantitative estimate of drug-likeness (QED) is 0.934. The maximum absolute atomic E-state index is 4.16. The number of anilines is 1. The molecule has 4 heteroatoms. The summed E-state index contributed by atoms with van der Waals surface area (Å²) in [5, 5.41) is 7.59. The van der Waals surface area contributed by atoms with Crippen LogP contribution < -0.4 is 5.32 Å². The molecule has 0 aliphatic rings. The zero-order chi connectivity index (χ0) is 11.5. The molecule has 0 aliphatic heterocycles. The number of benzene rings is 1. The average Bonchev–Trinajstić information content (AvgIpc) is 2.68. The van der Waals surface area contributed by atoms with Crippen molar-refractivity contribution in [2.75, 3.05) is 5.32 Å². The molecular formula is C12H14BrN3. The predicted octanol–water partition coefficient (Wildman–Crippen LogP) is 3.36. The monoisotopic (exact) mass is 279 g/mol. The molecule has 0 saturated heterocycles. The summed E-state index contributed by atoms with van der Waals surface area (Å²) in [6.07, 6.45) is 3.91. The van der Waals surface area contributed by atoms with E-state index in [4.69, 9.17) is 0 Å². The topological polar surface area (TPSA) is 29.9 Å². The lowest BCUT2D eigenvalue weighted by Gasteiger charge is -2.13. The SMILES string of the molecule is CC(Nc1ccc(Br)cc1)c1cnn(C)c1. The minimum absolute atomic E-state index is 0.259. The van der Waals surface area contributed by atoms with Crippen molar-refractivity contribution < 1.29 is 0 Å². The van der Waals surface area contributed by atoms with Crippen LogP contribution in [0.25, 0.3) is 0 Å². The van der Waals surface area contributed by atoms with Crippen molar-refractivity contribution in [2.24, 2.45) is 7.05 Å². The first kappa shape index (κ1) is 11.2. The highest BCUT2D eigenvalue weighted by atomic mass is 79.9. The first-order valence-electron chi connectivity index (χ1n) is 5.16. The highest BCUT2D eigenvalue weighted by Gasteiger charge is 2.06. The van der Waals surface area contributed by atoms with Crippen molar-refractivity contribution in [1.82, 2.24) is 9.78 Å². The number of halogens is 1. The molecule has 1 N–H and O–H groups in total. The molecule has 2 rings (SSSR count). The van der Waals surface area contributed by atoms with Crippen LogP contribution in [0.3, 0.4) is 0 Å². The Morgan fingerprint density at radius 1 is 1.31 bits per heavy atom. The van der Waals surface area contributed by atoms with E-state index in [1.54, 1.807) is 0 Å². The zero-order valence-corrected chi connectivity index (χ0v) is 10.9. The Morgan fingerprint density at radius 3 is 2.56 bits per heavy atom. The van der Waals surface area contributed by atoms with Crippen LogP contribution in [-0.4, -0.2) is 9.78 Å². The van der Waals surface area contributed by atoms with E-state index in [0.29, 0.717) is 0 Å². The summed E-state index contributed by atoms with van der Waals surface area (Å²) in [6.45, 7) is 2.12. The Hall–Kier alpha value is -1.29. The maximum Gasteiger partial charge on any atom is 0.0542 e. The number of hydrogen-bond acceptors (Lipinski definition) is 2. The van der Waals surface area contributed by atoms with Crippen molar-refractivity contribution in [1.29, 1.82) is 0 Å². The molecular weight excluding hydrogens is 266 g/mol. The van der Waals surface area contributed by atoms with Crippen LogP contribution in [0.2, 0.25) is 0 Å². The molecule has 1 heterocycles. The molecule has 84 valence electrons. The van der Waals surface area contributed by atoms with E-state index in [-0.39, 0.29) is 6.04 Å². The van der Waals surface area contributed by atoms with E-state index in [1.165, 1.54) is 5.56 Å².